The van der Waals surface area contributed by atoms with Gasteiger partial charge in [-0.2, -0.15) is 0 Å². The molecule has 1 unspecified atom stereocenters. The highest BCUT2D eigenvalue weighted by molar-refractivity contribution is 7.89. The molecule has 1 aromatic rings. The van der Waals surface area contributed by atoms with Gasteiger partial charge in [0.25, 0.3) is 0 Å². The smallest absolute Gasteiger partial charge is 0.243 e. The second kappa shape index (κ2) is 4.86. The molecule has 0 radical (unpaired) electrons. The van der Waals surface area contributed by atoms with Crippen molar-refractivity contribution in [2.75, 3.05) is 6.54 Å². The fourth-order valence-electron chi connectivity index (χ4n) is 1.00. The largest absolute Gasteiger partial charge is 0.392 e. The Bertz CT molecular complexity index is 474. The van der Waals surface area contributed by atoms with Gasteiger partial charge in [-0.1, -0.05) is 0 Å². The van der Waals surface area contributed by atoms with Crippen LogP contribution in [-0.2, 0) is 10.0 Å². The predicted molar refractivity (Wildman–Crippen MR) is 53.2 cm³/mol. The van der Waals surface area contributed by atoms with Gasteiger partial charge in [-0.05, 0) is 19.1 Å². The summed E-state index contributed by atoms with van der Waals surface area (Å²) < 4.78 is 50.7. The third kappa shape index (κ3) is 3.22. The summed E-state index contributed by atoms with van der Waals surface area (Å²) in [5, 5.41) is 8.90. The number of aliphatic hydroxyl groups excluding tert-OH is 1. The maximum absolute atomic E-state index is 13.1. The van der Waals surface area contributed by atoms with Gasteiger partial charge in [-0.15, -0.1) is 0 Å². The van der Waals surface area contributed by atoms with Crippen LogP contribution in [0.5, 0.6) is 0 Å². The molecule has 0 aliphatic heterocycles. The van der Waals surface area contributed by atoms with Crippen LogP contribution in [0, 0.1) is 11.6 Å². The monoisotopic (exact) mass is 251 g/mol. The standard InChI is InChI=1S/C9H11F2NO3S/c1-6(13)5-12-16(14,15)9-3-2-7(10)4-8(9)11/h2-4,6,12-13H,5H2,1H3. The summed E-state index contributed by atoms with van der Waals surface area (Å²) in [5.74, 6) is -2.02. The summed E-state index contributed by atoms with van der Waals surface area (Å²) in [6, 6.07) is 2.16. The minimum absolute atomic E-state index is 0.237. The second-order valence-electron chi connectivity index (χ2n) is 3.28. The zero-order valence-corrected chi connectivity index (χ0v) is 9.26. The summed E-state index contributed by atoms with van der Waals surface area (Å²) in [7, 11) is -4.05. The van der Waals surface area contributed by atoms with Gasteiger partial charge in [0.1, 0.15) is 16.5 Å². The Hall–Kier alpha value is -1.05. The number of benzene rings is 1. The molecule has 0 spiro atoms. The van der Waals surface area contributed by atoms with Gasteiger partial charge in [0.2, 0.25) is 10.0 Å². The average molecular weight is 251 g/mol. The third-order valence-electron chi connectivity index (χ3n) is 1.75. The van der Waals surface area contributed by atoms with E-state index in [1.807, 2.05) is 4.72 Å². The molecule has 0 aromatic heterocycles. The topological polar surface area (TPSA) is 66.4 Å². The van der Waals surface area contributed by atoms with E-state index >= 15 is 0 Å². The average Bonchev–Trinajstić information content (AvgIpc) is 2.14. The maximum atomic E-state index is 13.1. The van der Waals surface area contributed by atoms with Crippen LogP contribution in [0.1, 0.15) is 6.92 Å². The van der Waals surface area contributed by atoms with Crippen molar-refractivity contribution in [3.8, 4) is 0 Å². The van der Waals surface area contributed by atoms with Crippen molar-refractivity contribution in [1.29, 1.82) is 0 Å². The number of nitrogens with one attached hydrogen (secondary N) is 1. The van der Waals surface area contributed by atoms with Crippen LogP contribution in [-0.4, -0.2) is 26.2 Å². The highest BCUT2D eigenvalue weighted by atomic mass is 32.2. The van der Waals surface area contributed by atoms with Gasteiger partial charge in [-0.3, -0.25) is 0 Å². The fourth-order valence-corrected chi connectivity index (χ4v) is 2.18. The summed E-state index contributed by atoms with van der Waals surface area (Å²) in [6.07, 6.45) is -0.890. The van der Waals surface area contributed by atoms with Crippen molar-refractivity contribution in [2.45, 2.75) is 17.9 Å². The van der Waals surface area contributed by atoms with Crippen LogP contribution < -0.4 is 4.72 Å². The SMILES string of the molecule is CC(O)CNS(=O)(=O)c1ccc(F)cc1F. The molecule has 0 aliphatic carbocycles. The predicted octanol–water partition coefficient (Wildman–Crippen LogP) is 0.624. The highest BCUT2D eigenvalue weighted by Gasteiger charge is 2.19. The first-order valence-corrected chi connectivity index (χ1v) is 5.94. The van der Waals surface area contributed by atoms with Crippen LogP contribution in [0.3, 0.4) is 0 Å². The number of rotatable bonds is 4. The molecule has 0 bridgehead atoms. The Labute approximate surface area is 92.0 Å². The van der Waals surface area contributed by atoms with E-state index in [1.165, 1.54) is 6.92 Å². The number of hydrogen-bond donors (Lipinski definition) is 2. The van der Waals surface area contributed by atoms with Crippen molar-refractivity contribution in [3.05, 3.63) is 29.8 Å². The minimum atomic E-state index is -4.05. The Balaban J connectivity index is 2.99. The van der Waals surface area contributed by atoms with Gasteiger partial charge in [0, 0.05) is 12.6 Å². The van der Waals surface area contributed by atoms with Gasteiger partial charge >= 0.3 is 0 Å². The van der Waals surface area contributed by atoms with Crippen LogP contribution in [0.15, 0.2) is 23.1 Å². The summed E-state index contributed by atoms with van der Waals surface area (Å²) in [6.45, 7) is 1.14. The van der Waals surface area contributed by atoms with E-state index < -0.39 is 32.7 Å². The molecule has 0 fully saturated rings. The van der Waals surface area contributed by atoms with Gasteiger partial charge in [-0.25, -0.2) is 21.9 Å². The number of aliphatic hydroxyl groups is 1. The lowest BCUT2D eigenvalue weighted by Crippen LogP contribution is -2.31. The molecule has 16 heavy (non-hydrogen) atoms. The molecule has 2 N–H and O–H groups in total. The van der Waals surface area contributed by atoms with Crippen LogP contribution in [0.25, 0.3) is 0 Å². The normalized spacial score (nSPS) is 13.8. The van der Waals surface area contributed by atoms with Crippen molar-refractivity contribution in [3.63, 3.8) is 0 Å². The molecule has 0 aliphatic rings. The van der Waals surface area contributed by atoms with Crippen molar-refractivity contribution in [1.82, 2.24) is 4.72 Å². The van der Waals surface area contributed by atoms with E-state index in [4.69, 9.17) is 5.11 Å². The molecule has 7 heteroatoms. The van der Waals surface area contributed by atoms with Crippen LogP contribution >= 0.6 is 0 Å². The Kier molecular flexibility index (Phi) is 3.95. The number of hydrogen-bond acceptors (Lipinski definition) is 3. The zero-order valence-electron chi connectivity index (χ0n) is 8.44. The first kappa shape index (κ1) is 13.0. The molecular formula is C9H11F2NO3S. The molecule has 0 saturated heterocycles. The van der Waals surface area contributed by atoms with Crippen LogP contribution in [0.4, 0.5) is 8.78 Å². The molecule has 1 rings (SSSR count). The van der Waals surface area contributed by atoms with E-state index in [-0.39, 0.29) is 6.54 Å². The van der Waals surface area contributed by atoms with E-state index in [0.29, 0.717) is 6.07 Å². The lowest BCUT2D eigenvalue weighted by molar-refractivity contribution is 0.198. The Morgan fingerprint density at radius 2 is 2.06 bits per heavy atom. The molecule has 0 amide bonds. The lowest BCUT2D eigenvalue weighted by atomic mass is 10.3. The maximum Gasteiger partial charge on any atom is 0.243 e. The van der Waals surface area contributed by atoms with Crippen molar-refractivity contribution >= 4 is 10.0 Å². The number of halogens is 2. The minimum Gasteiger partial charge on any atom is -0.392 e. The van der Waals surface area contributed by atoms with E-state index in [1.54, 1.807) is 0 Å². The summed E-state index contributed by atoms with van der Waals surface area (Å²) >= 11 is 0. The van der Waals surface area contributed by atoms with E-state index in [0.717, 1.165) is 12.1 Å². The molecule has 4 nitrogen and oxygen atoms in total. The van der Waals surface area contributed by atoms with Crippen molar-refractivity contribution < 1.29 is 22.3 Å². The molecule has 1 aromatic carbocycles. The van der Waals surface area contributed by atoms with Crippen molar-refractivity contribution in [2.24, 2.45) is 0 Å². The molecule has 0 saturated carbocycles. The third-order valence-corrected chi connectivity index (χ3v) is 3.21. The molecular weight excluding hydrogens is 240 g/mol. The summed E-state index contributed by atoms with van der Waals surface area (Å²) in [4.78, 5) is -0.644. The highest BCUT2D eigenvalue weighted by Crippen LogP contribution is 2.14. The van der Waals surface area contributed by atoms with Crippen LogP contribution in [0.2, 0.25) is 0 Å². The zero-order chi connectivity index (χ0) is 12.3. The second-order valence-corrected chi connectivity index (χ2v) is 5.01. The number of sulfonamides is 1. The van der Waals surface area contributed by atoms with Gasteiger partial charge < -0.3 is 5.11 Å². The quantitative estimate of drug-likeness (QED) is 0.824. The van der Waals surface area contributed by atoms with Gasteiger partial charge in [0.15, 0.2) is 0 Å². The molecule has 90 valence electrons. The van der Waals surface area contributed by atoms with E-state index in [9.17, 15) is 17.2 Å². The first-order valence-electron chi connectivity index (χ1n) is 4.45. The summed E-state index contributed by atoms with van der Waals surface area (Å²) in [5.41, 5.74) is 0. The lowest BCUT2D eigenvalue weighted by Gasteiger charge is -2.08. The Morgan fingerprint density at radius 3 is 2.56 bits per heavy atom. The Morgan fingerprint density at radius 1 is 1.44 bits per heavy atom. The van der Waals surface area contributed by atoms with E-state index in [2.05, 4.69) is 0 Å². The first-order chi connectivity index (χ1) is 7.33. The fraction of sp³-hybridized carbons (Fsp3) is 0.333. The molecule has 0 heterocycles. The van der Waals surface area contributed by atoms with Gasteiger partial charge in [0.05, 0.1) is 6.10 Å². The molecule has 1 atom stereocenters.